The Balaban J connectivity index is 3.16. The molecule has 1 aromatic heterocycles. The quantitative estimate of drug-likeness (QED) is 0.713. The molecule has 0 fully saturated rings. The van der Waals surface area contributed by atoms with Crippen molar-refractivity contribution in [2.75, 3.05) is 0 Å². The van der Waals surface area contributed by atoms with E-state index in [0.29, 0.717) is 12.3 Å². The lowest BCUT2D eigenvalue weighted by atomic mass is 10.4. The Morgan fingerprint density at radius 3 is 2.23 bits per heavy atom. The number of hydrogen-bond acceptors (Lipinski definition) is 3. The molecule has 0 aromatic carbocycles. The van der Waals surface area contributed by atoms with E-state index in [1.165, 1.54) is 0 Å². The Morgan fingerprint density at radius 2 is 2.00 bits per heavy atom. The van der Waals surface area contributed by atoms with Gasteiger partial charge < -0.3 is 0 Å². The predicted molar refractivity (Wildman–Crippen MR) is 35.7 cm³/mol. The van der Waals surface area contributed by atoms with Crippen LogP contribution < -0.4 is 5.14 Å². The molecule has 0 saturated heterocycles. The van der Waals surface area contributed by atoms with Gasteiger partial charge in [0.15, 0.2) is 5.69 Å². The Kier molecular flexibility index (Phi) is 2.08. The Bertz CT molecular complexity index is 407. The lowest BCUT2D eigenvalue weighted by Crippen LogP contribution is -2.23. The summed E-state index contributed by atoms with van der Waals surface area (Å²) in [6, 6.07) is 0.518. The Labute approximate surface area is 71.1 Å². The average Bonchev–Trinajstić information content (AvgIpc) is 2.28. The molecule has 9 heteroatoms. The van der Waals surface area contributed by atoms with Crippen molar-refractivity contribution >= 4 is 10.2 Å². The van der Waals surface area contributed by atoms with E-state index >= 15 is 0 Å². The van der Waals surface area contributed by atoms with Gasteiger partial charge >= 0.3 is 16.4 Å². The highest BCUT2D eigenvalue weighted by molar-refractivity contribution is 7.87. The van der Waals surface area contributed by atoms with Crippen LogP contribution in [0.3, 0.4) is 0 Å². The standard InChI is InChI=1S/C4H4F3N3O2S/c5-4(6,7)3-1-2-10(9-3)13(8,11)12/h1-2H,(H2,8,11,12). The van der Waals surface area contributed by atoms with Crippen LogP contribution in [0.15, 0.2) is 12.3 Å². The topological polar surface area (TPSA) is 78.0 Å². The van der Waals surface area contributed by atoms with Crippen LogP contribution in [-0.4, -0.2) is 17.6 Å². The third kappa shape index (κ3) is 2.18. The van der Waals surface area contributed by atoms with E-state index in [9.17, 15) is 21.6 Å². The molecule has 0 aliphatic carbocycles. The van der Waals surface area contributed by atoms with Crippen LogP contribution in [0.25, 0.3) is 0 Å². The summed E-state index contributed by atoms with van der Waals surface area (Å²) < 4.78 is 56.7. The number of rotatable bonds is 1. The number of alkyl halides is 3. The summed E-state index contributed by atoms with van der Waals surface area (Å²) in [5.74, 6) is 0. The number of hydrogen-bond donors (Lipinski definition) is 1. The van der Waals surface area contributed by atoms with E-state index in [2.05, 4.69) is 10.2 Å². The average molecular weight is 215 g/mol. The van der Waals surface area contributed by atoms with Gasteiger partial charge in [-0.1, -0.05) is 0 Å². The van der Waals surface area contributed by atoms with Gasteiger partial charge in [0, 0.05) is 6.20 Å². The van der Waals surface area contributed by atoms with E-state index in [0.717, 1.165) is 0 Å². The molecule has 0 amide bonds. The van der Waals surface area contributed by atoms with Crippen LogP contribution in [0.4, 0.5) is 13.2 Å². The van der Waals surface area contributed by atoms with Gasteiger partial charge in [0.2, 0.25) is 0 Å². The van der Waals surface area contributed by atoms with Gasteiger partial charge in [-0.15, -0.1) is 0 Å². The van der Waals surface area contributed by atoms with Crippen molar-refractivity contribution < 1.29 is 21.6 Å². The molecule has 1 rings (SSSR count). The largest absolute Gasteiger partial charge is 0.435 e. The molecule has 0 bridgehead atoms. The van der Waals surface area contributed by atoms with Crippen molar-refractivity contribution in [1.29, 1.82) is 0 Å². The number of aromatic nitrogens is 2. The molecule has 74 valence electrons. The van der Waals surface area contributed by atoms with E-state index in [4.69, 9.17) is 0 Å². The van der Waals surface area contributed by atoms with Crippen LogP contribution in [0, 0.1) is 0 Å². The molecule has 2 N–H and O–H groups in total. The molecular formula is C4H4F3N3O2S. The zero-order valence-corrected chi connectivity index (χ0v) is 6.80. The highest BCUT2D eigenvalue weighted by Crippen LogP contribution is 2.27. The zero-order chi connectivity index (χ0) is 10.3. The Morgan fingerprint density at radius 1 is 1.46 bits per heavy atom. The van der Waals surface area contributed by atoms with Crippen LogP contribution in [-0.2, 0) is 16.4 Å². The molecular weight excluding hydrogens is 211 g/mol. The first-order valence-electron chi connectivity index (χ1n) is 2.87. The predicted octanol–water partition coefficient (Wildman–Crippen LogP) is -0.0465. The molecule has 1 heterocycles. The van der Waals surface area contributed by atoms with Gasteiger partial charge in [-0.3, -0.25) is 0 Å². The van der Waals surface area contributed by atoms with Crippen LogP contribution in [0.1, 0.15) is 5.69 Å². The smallest absolute Gasteiger partial charge is 0.210 e. The fourth-order valence-electron chi connectivity index (χ4n) is 0.600. The summed E-state index contributed by atoms with van der Waals surface area (Å²) in [6.07, 6.45) is -4.05. The second-order valence-electron chi connectivity index (χ2n) is 2.12. The minimum Gasteiger partial charge on any atom is -0.210 e. The van der Waals surface area contributed by atoms with Crippen LogP contribution in [0.2, 0.25) is 0 Å². The van der Waals surface area contributed by atoms with Gasteiger partial charge in [0.1, 0.15) is 0 Å². The van der Waals surface area contributed by atoms with Crippen molar-refractivity contribution in [3.8, 4) is 0 Å². The van der Waals surface area contributed by atoms with E-state index in [1.807, 2.05) is 0 Å². The van der Waals surface area contributed by atoms with Crippen molar-refractivity contribution in [3.63, 3.8) is 0 Å². The van der Waals surface area contributed by atoms with Crippen LogP contribution in [0.5, 0.6) is 0 Å². The molecule has 5 nitrogen and oxygen atoms in total. The van der Waals surface area contributed by atoms with Gasteiger partial charge in [-0.25, -0.2) is 5.14 Å². The van der Waals surface area contributed by atoms with Crippen molar-refractivity contribution in [2.24, 2.45) is 5.14 Å². The third-order valence-corrected chi connectivity index (χ3v) is 1.84. The summed E-state index contributed by atoms with van der Waals surface area (Å²) in [5.41, 5.74) is -1.30. The summed E-state index contributed by atoms with van der Waals surface area (Å²) >= 11 is 0. The maximum atomic E-state index is 11.9. The van der Waals surface area contributed by atoms with Crippen molar-refractivity contribution in [1.82, 2.24) is 9.19 Å². The van der Waals surface area contributed by atoms with E-state index in [-0.39, 0.29) is 4.09 Å². The minimum atomic E-state index is -4.67. The molecule has 0 radical (unpaired) electrons. The summed E-state index contributed by atoms with van der Waals surface area (Å²) in [7, 11) is -4.24. The molecule has 0 atom stereocenters. The van der Waals surface area contributed by atoms with Gasteiger partial charge in [0.05, 0.1) is 0 Å². The van der Waals surface area contributed by atoms with E-state index in [1.54, 1.807) is 0 Å². The molecule has 0 spiro atoms. The first-order valence-corrected chi connectivity index (χ1v) is 4.38. The fourth-order valence-corrected chi connectivity index (χ4v) is 1.03. The van der Waals surface area contributed by atoms with E-state index < -0.39 is 22.1 Å². The lowest BCUT2D eigenvalue weighted by molar-refractivity contribution is -0.141. The maximum Gasteiger partial charge on any atom is 0.435 e. The highest BCUT2D eigenvalue weighted by Gasteiger charge is 2.34. The molecule has 0 saturated carbocycles. The molecule has 0 aliphatic heterocycles. The highest BCUT2D eigenvalue weighted by atomic mass is 32.2. The minimum absolute atomic E-state index is 0.0514. The second-order valence-corrected chi connectivity index (χ2v) is 3.52. The van der Waals surface area contributed by atoms with Gasteiger partial charge in [-0.2, -0.15) is 30.8 Å². The SMILES string of the molecule is NS(=O)(=O)n1ccc(C(F)(F)F)n1. The second kappa shape index (κ2) is 2.70. The molecule has 1 aromatic rings. The monoisotopic (exact) mass is 215 g/mol. The summed E-state index contributed by atoms with van der Waals surface area (Å²) in [4.78, 5) is 0. The molecule has 0 aliphatic rings. The maximum absolute atomic E-state index is 11.9. The van der Waals surface area contributed by atoms with Gasteiger partial charge in [-0.05, 0) is 6.07 Å². The van der Waals surface area contributed by atoms with Crippen LogP contribution >= 0.6 is 0 Å². The fraction of sp³-hybridized carbons (Fsp3) is 0.250. The number of nitrogens with two attached hydrogens (primary N) is 1. The normalized spacial score (nSPS) is 13.2. The number of halogens is 3. The molecule has 0 unspecified atom stereocenters. The summed E-state index contributed by atoms with van der Waals surface area (Å²) in [5, 5.41) is 7.25. The lowest BCUT2D eigenvalue weighted by Gasteiger charge is -2.00. The first-order chi connectivity index (χ1) is 5.71. The zero-order valence-electron chi connectivity index (χ0n) is 5.99. The van der Waals surface area contributed by atoms with Crippen molar-refractivity contribution in [2.45, 2.75) is 6.18 Å². The summed E-state index contributed by atoms with van der Waals surface area (Å²) in [6.45, 7) is 0. The number of nitrogens with zero attached hydrogens (tertiary/aromatic N) is 2. The van der Waals surface area contributed by atoms with Gasteiger partial charge in [0.25, 0.3) is 0 Å². The first kappa shape index (κ1) is 9.99. The Hall–Kier alpha value is -1.09. The molecule has 13 heavy (non-hydrogen) atoms. The third-order valence-electron chi connectivity index (χ3n) is 1.12. The van der Waals surface area contributed by atoms with Crippen molar-refractivity contribution in [3.05, 3.63) is 18.0 Å².